The molecule has 176 valence electrons. The highest BCUT2D eigenvalue weighted by Crippen LogP contribution is 2.30. The SMILES string of the molecule is CCC1CC(Oc2cc(F)ccc2C(=O)N2CC(N)=C(c3ncc(Cl)cn3)C2)C(F)C(C)N1. The average molecular weight is 478 g/mol. The Morgan fingerprint density at radius 1 is 1.33 bits per heavy atom. The van der Waals surface area contributed by atoms with Crippen molar-refractivity contribution in [2.45, 2.75) is 51.0 Å². The van der Waals surface area contributed by atoms with Gasteiger partial charge in [0.1, 0.15) is 17.7 Å². The van der Waals surface area contributed by atoms with Gasteiger partial charge in [0, 0.05) is 48.2 Å². The zero-order chi connectivity index (χ0) is 23.7. The fraction of sp³-hybridized carbons (Fsp3) is 0.435. The molecule has 3 N–H and O–H groups in total. The van der Waals surface area contributed by atoms with E-state index in [0.717, 1.165) is 12.5 Å². The van der Waals surface area contributed by atoms with E-state index in [1.807, 2.05) is 6.92 Å². The second-order valence-electron chi connectivity index (χ2n) is 8.43. The Labute approximate surface area is 196 Å². The van der Waals surface area contributed by atoms with Crippen molar-refractivity contribution in [2.75, 3.05) is 13.1 Å². The highest BCUT2D eigenvalue weighted by molar-refractivity contribution is 6.30. The Hall–Kier alpha value is -2.78. The summed E-state index contributed by atoms with van der Waals surface area (Å²) in [5, 5.41) is 3.60. The van der Waals surface area contributed by atoms with E-state index in [2.05, 4.69) is 15.3 Å². The van der Waals surface area contributed by atoms with E-state index in [4.69, 9.17) is 22.1 Å². The van der Waals surface area contributed by atoms with Gasteiger partial charge in [0.25, 0.3) is 5.91 Å². The average Bonchev–Trinajstić information content (AvgIpc) is 3.18. The largest absolute Gasteiger partial charge is 0.486 e. The predicted octanol–water partition coefficient (Wildman–Crippen LogP) is 3.34. The fourth-order valence-corrected chi connectivity index (χ4v) is 4.34. The summed E-state index contributed by atoms with van der Waals surface area (Å²) in [7, 11) is 0. The van der Waals surface area contributed by atoms with Gasteiger partial charge in [0.2, 0.25) is 0 Å². The van der Waals surface area contributed by atoms with E-state index < -0.39 is 30.0 Å². The Bertz CT molecular complexity index is 1070. The van der Waals surface area contributed by atoms with Crippen LogP contribution in [0.4, 0.5) is 8.78 Å². The molecule has 1 saturated heterocycles. The molecule has 4 rings (SSSR count). The van der Waals surface area contributed by atoms with E-state index in [0.29, 0.717) is 28.5 Å². The van der Waals surface area contributed by atoms with E-state index in [1.54, 1.807) is 6.92 Å². The summed E-state index contributed by atoms with van der Waals surface area (Å²) >= 11 is 5.85. The number of nitrogens with one attached hydrogen (secondary N) is 1. The first kappa shape index (κ1) is 23.4. The van der Waals surface area contributed by atoms with Gasteiger partial charge in [-0.1, -0.05) is 18.5 Å². The van der Waals surface area contributed by atoms with Gasteiger partial charge in [-0.05, 0) is 25.5 Å². The molecule has 0 spiro atoms. The molecule has 1 aromatic carbocycles. The van der Waals surface area contributed by atoms with Crippen LogP contribution in [0.2, 0.25) is 5.02 Å². The fourth-order valence-electron chi connectivity index (χ4n) is 4.24. The number of hydrogen-bond acceptors (Lipinski definition) is 6. The van der Waals surface area contributed by atoms with Crippen molar-refractivity contribution in [1.29, 1.82) is 0 Å². The van der Waals surface area contributed by atoms with Crippen LogP contribution in [0.15, 0.2) is 36.3 Å². The zero-order valence-electron chi connectivity index (χ0n) is 18.4. The molecule has 0 saturated carbocycles. The number of amides is 1. The van der Waals surface area contributed by atoms with Crippen LogP contribution in [0.25, 0.3) is 5.57 Å². The molecule has 1 fully saturated rings. The lowest BCUT2D eigenvalue weighted by Crippen LogP contribution is -2.55. The lowest BCUT2D eigenvalue weighted by Gasteiger charge is -2.37. The standard InChI is InChI=1S/C23H26ClF2N5O2/c1-3-15-7-20(21(26)12(2)30-15)33-19-6-14(25)4-5-16(19)23(32)31-10-17(18(27)11-31)22-28-8-13(24)9-29-22/h4-6,8-9,12,15,20-21,30H,3,7,10-11,27H2,1-2H3. The minimum atomic E-state index is -1.29. The highest BCUT2D eigenvalue weighted by Gasteiger charge is 2.37. The molecule has 1 aromatic heterocycles. The van der Waals surface area contributed by atoms with Crippen molar-refractivity contribution in [2.24, 2.45) is 5.73 Å². The maximum atomic E-state index is 14.9. The summed E-state index contributed by atoms with van der Waals surface area (Å²) < 4.78 is 34.9. The van der Waals surface area contributed by atoms with E-state index in [9.17, 15) is 13.6 Å². The van der Waals surface area contributed by atoms with E-state index >= 15 is 0 Å². The number of piperidine rings is 1. The van der Waals surface area contributed by atoms with Gasteiger partial charge in [-0.2, -0.15) is 0 Å². The normalized spacial score (nSPS) is 25.4. The van der Waals surface area contributed by atoms with Gasteiger partial charge in [0.15, 0.2) is 12.0 Å². The summed E-state index contributed by atoms with van der Waals surface area (Å²) in [4.78, 5) is 23.2. The summed E-state index contributed by atoms with van der Waals surface area (Å²) in [5.74, 6) is -0.564. The number of alkyl halides is 1. The molecule has 33 heavy (non-hydrogen) atoms. The highest BCUT2D eigenvalue weighted by atomic mass is 35.5. The molecule has 1 amide bonds. The molecule has 2 aromatic rings. The number of ether oxygens (including phenoxy) is 1. The first-order chi connectivity index (χ1) is 15.8. The topological polar surface area (TPSA) is 93.4 Å². The summed E-state index contributed by atoms with van der Waals surface area (Å²) in [6.45, 7) is 4.09. The number of aromatic nitrogens is 2. The molecule has 3 heterocycles. The number of rotatable bonds is 5. The second kappa shape index (κ2) is 9.61. The number of nitrogens with zero attached hydrogens (tertiary/aromatic N) is 3. The second-order valence-corrected chi connectivity index (χ2v) is 8.86. The van der Waals surface area contributed by atoms with Gasteiger partial charge in [0.05, 0.1) is 23.7 Å². The minimum Gasteiger partial charge on any atom is -0.486 e. The maximum Gasteiger partial charge on any atom is 0.258 e. The molecule has 2 aliphatic rings. The smallest absolute Gasteiger partial charge is 0.258 e. The Morgan fingerprint density at radius 2 is 2.06 bits per heavy atom. The minimum absolute atomic E-state index is 0.0198. The summed E-state index contributed by atoms with van der Waals surface area (Å²) in [6, 6.07) is 3.34. The predicted molar refractivity (Wildman–Crippen MR) is 121 cm³/mol. The van der Waals surface area contributed by atoms with Gasteiger partial charge in [-0.25, -0.2) is 18.7 Å². The van der Waals surface area contributed by atoms with Crippen LogP contribution < -0.4 is 15.8 Å². The number of halogens is 3. The van der Waals surface area contributed by atoms with Crippen molar-refractivity contribution < 1.29 is 18.3 Å². The lowest BCUT2D eigenvalue weighted by atomic mass is 9.93. The third kappa shape index (κ3) is 4.94. The van der Waals surface area contributed by atoms with Crippen LogP contribution in [0, 0.1) is 5.82 Å². The van der Waals surface area contributed by atoms with Crippen molar-refractivity contribution in [3.63, 3.8) is 0 Å². The lowest BCUT2D eigenvalue weighted by molar-refractivity contribution is 0.0292. The van der Waals surface area contributed by atoms with Crippen molar-refractivity contribution >= 4 is 23.1 Å². The van der Waals surface area contributed by atoms with Gasteiger partial charge in [-0.15, -0.1) is 0 Å². The van der Waals surface area contributed by atoms with Crippen LogP contribution in [-0.4, -0.2) is 58.2 Å². The number of nitrogens with two attached hydrogens (primary N) is 1. The molecule has 7 nitrogen and oxygen atoms in total. The number of hydrogen-bond donors (Lipinski definition) is 2. The number of carbonyl (C=O) groups excluding carboxylic acids is 1. The number of carbonyl (C=O) groups is 1. The molecule has 2 aliphatic heterocycles. The molecular weight excluding hydrogens is 452 g/mol. The molecule has 0 aliphatic carbocycles. The quantitative estimate of drug-likeness (QED) is 0.686. The Kier molecular flexibility index (Phi) is 6.81. The monoisotopic (exact) mass is 477 g/mol. The van der Waals surface area contributed by atoms with Crippen LogP contribution in [0.3, 0.4) is 0 Å². The molecule has 4 unspecified atom stereocenters. The van der Waals surface area contributed by atoms with E-state index in [-0.39, 0.29) is 30.4 Å². The maximum absolute atomic E-state index is 14.9. The molecular formula is C23H26ClF2N5O2. The zero-order valence-corrected chi connectivity index (χ0v) is 19.1. The summed E-state index contributed by atoms with van der Waals surface area (Å²) in [6.07, 6.45) is 2.05. The van der Waals surface area contributed by atoms with Crippen molar-refractivity contribution in [1.82, 2.24) is 20.2 Å². The molecule has 0 bridgehead atoms. The van der Waals surface area contributed by atoms with Crippen LogP contribution in [0.1, 0.15) is 42.9 Å². The van der Waals surface area contributed by atoms with Crippen molar-refractivity contribution in [3.8, 4) is 5.75 Å². The first-order valence-corrected chi connectivity index (χ1v) is 11.3. The number of benzene rings is 1. The van der Waals surface area contributed by atoms with Crippen LogP contribution in [-0.2, 0) is 0 Å². The van der Waals surface area contributed by atoms with E-state index in [1.165, 1.54) is 29.4 Å². The van der Waals surface area contributed by atoms with Crippen molar-refractivity contribution in [3.05, 3.63) is 58.5 Å². The molecule has 4 atom stereocenters. The summed E-state index contributed by atoms with van der Waals surface area (Å²) in [5.41, 5.74) is 7.38. The van der Waals surface area contributed by atoms with Gasteiger partial charge in [-0.3, -0.25) is 4.79 Å². The third-order valence-electron chi connectivity index (χ3n) is 6.07. The molecule has 10 heteroatoms. The third-order valence-corrected chi connectivity index (χ3v) is 6.26. The van der Waals surface area contributed by atoms with Crippen LogP contribution in [0.5, 0.6) is 5.75 Å². The van der Waals surface area contributed by atoms with Gasteiger partial charge < -0.3 is 20.7 Å². The molecule has 0 radical (unpaired) electrons. The van der Waals surface area contributed by atoms with Gasteiger partial charge >= 0.3 is 0 Å². The Morgan fingerprint density at radius 3 is 2.76 bits per heavy atom. The Balaban J connectivity index is 1.55. The van der Waals surface area contributed by atoms with Crippen LogP contribution >= 0.6 is 11.6 Å². The first-order valence-electron chi connectivity index (χ1n) is 10.9.